The van der Waals surface area contributed by atoms with Crippen LogP contribution in [0, 0.1) is 0 Å². The molecule has 0 aromatic rings. The molecule has 0 unspecified atom stereocenters. The Morgan fingerprint density at radius 1 is 1.05 bits per heavy atom. The zero-order valence-corrected chi connectivity index (χ0v) is 15.9. The molecule has 0 atom stereocenters. The van der Waals surface area contributed by atoms with Crippen LogP contribution in [0.1, 0.15) is 54.4 Å². The van der Waals surface area contributed by atoms with Crippen molar-refractivity contribution < 1.29 is 23.9 Å². The first-order chi connectivity index (χ1) is 10.0. The molecule has 0 heterocycles. The maximum absolute atomic E-state index is 11.2. The molecule has 0 fully saturated rings. The molecule has 0 radical (unpaired) electrons. The molecule has 0 bridgehead atoms. The van der Waals surface area contributed by atoms with Gasteiger partial charge < -0.3 is 14.8 Å². The standard InChI is InChI=1S/C9H15BrO4.C6H13NO/c1-4-7(11)13-5-6-14-8(12)9(2,3)10;1-4-6(8)7-5(2)3/h4-6H2,1-3H3;5H,4H2,1-3H3,(H,7,8). The molecule has 0 aliphatic heterocycles. The van der Waals surface area contributed by atoms with Crippen molar-refractivity contribution in [1.82, 2.24) is 5.32 Å². The van der Waals surface area contributed by atoms with Gasteiger partial charge in [0.25, 0.3) is 0 Å². The third-order valence-electron chi connectivity index (χ3n) is 2.12. The largest absolute Gasteiger partial charge is 0.462 e. The Bertz CT molecular complexity index is 350. The fourth-order valence-corrected chi connectivity index (χ4v) is 1.10. The van der Waals surface area contributed by atoms with Crippen molar-refractivity contribution in [2.24, 2.45) is 0 Å². The average Bonchev–Trinajstić information content (AvgIpc) is 2.41. The van der Waals surface area contributed by atoms with E-state index in [1.807, 2.05) is 20.8 Å². The predicted molar refractivity (Wildman–Crippen MR) is 88.8 cm³/mol. The third kappa shape index (κ3) is 15.3. The molecular weight excluding hydrogens is 354 g/mol. The van der Waals surface area contributed by atoms with Gasteiger partial charge in [0.1, 0.15) is 17.5 Å². The minimum absolute atomic E-state index is 0.0968. The zero-order chi connectivity index (χ0) is 17.8. The first-order valence-electron chi connectivity index (χ1n) is 7.35. The maximum atomic E-state index is 11.2. The maximum Gasteiger partial charge on any atom is 0.322 e. The molecule has 1 amide bonds. The second kappa shape index (κ2) is 12.4. The van der Waals surface area contributed by atoms with Crippen LogP contribution >= 0.6 is 15.9 Å². The number of alkyl halides is 1. The molecule has 0 saturated carbocycles. The summed E-state index contributed by atoms with van der Waals surface area (Å²) in [5.41, 5.74) is 0. The predicted octanol–water partition coefficient (Wildman–Crippen LogP) is 2.58. The van der Waals surface area contributed by atoms with Crippen LogP contribution in [-0.4, -0.2) is 41.4 Å². The highest BCUT2D eigenvalue weighted by Gasteiger charge is 2.25. The molecular formula is C15H28BrNO5. The Morgan fingerprint density at radius 3 is 1.86 bits per heavy atom. The van der Waals surface area contributed by atoms with E-state index in [9.17, 15) is 14.4 Å². The van der Waals surface area contributed by atoms with Crippen LogP contribution in [0.3, 0.4) is 0 Å². The number of hydrogen-bond acceptors (Lipinski definition) is 5. The lowest BCUT2D eigenvalue weighted by molar-refractivity contribution is -0.153. The van der Waals surface area contributed by atoms with E-state index >= 15 is 0 Å². The van der Waals surface area contributed by atoms with Crippen LogP contribution in [0.4, 0.5) is 0 Å². The highest BCUT2D eigenvalue weighted by Crippen LogP contribution is 2.17. The molecule has 130 valence electrons. The minimum Gasteiger partial charge on any atom is -0.462 e. The Hall–Kier alpha value is -1.11. The molecule has 0 aromatic heterocycles. The van der Waals surface area contributed by atoms with Crippen molar-refractivity contribution in [1.29, 1.82) is 0 Å². The van der Waals surface area contributed by atoms with E-state index in [0.29, 0.717) is 12.8 Å². The van der Waals surface area contributed by atoms with Gasteiger partial charge in [0, 0.05) is 18.9 Å². The number of hydrogen-bond donors (Lipinski definition) is 1. The number of carbonyl (C=O) groups is 3. The van der Waals surface area contributed by atoms with Gasteiger partial charge in [-0.05, 0) is 27.7 Å². The number of amides is 1. The lowest BCUT2D eigenvalue weighted by atomic mass is 10.2. The first-order valence-corrected chi connectivity index (χ1v) is 8.14. The van der Waals surface area contributed by atoms with Crippen molar-refractivity contribution in [2.75, 3.05) is 13.2 Å². The van der Waals surface area contributed by atoms with Crippen molar-refractivity contribution in [3.63, 3.8) is 0 Å². The van der Waals surface area contributed by atoms with E-state index in [0.717, 1.165) is 0 Å². The van der Waals surface area contributed by atoms with Crippen LogP contribution in [-0.2, 0) is 23.9 Å². The molecule has 7 heteroatoms. The lowest BCUT2D eigenvalue weighted by Crippen LogP contribution is -2.29. The fourth-order valence-electron chi connectivity index (χ4n) is 0.988. The van der Waals surface area contributed by atoms with Gasteiger partial charge in [-0.1, -0.05) is 29.8 Å². The number of nitrogens with one attached hydrogen (secondary N) is 1. The summed E-state index contributed by atoms with van der Waals surface area (Å²) in [6.45, 7) is 11.0. The molecule has 0 aliphatic carbocycles. The molecule has 0 saturated heterocycles. The van der Waals surface area contributed by atoms with Crippen LogP contribution in [0.2, 0.25) is 0 Å². The summed E-state index contributed by atoms with van der Waals surface area (Å²) < 4.78 is 8.87. The van der Waals surface area contributed by atoms with Gasteiger partial charge in [-0.2, -0.15) is 0 Å². The Morgan fingerprint density at radius 2 is 1.55 bits per heavy atom. The third-order valence-corrected chi connectivity index (χ3v) is 2.45. The SMILES string of the molecule is CCC(=O)NC(C)C.CCC(=O)OCCOC(=O)C(C)(C)Br. The van der Waals surface area contributed by atoms with Gasteiger partial charge in [-0.3, -0.25) is 14.4 Å². The summed E-state index contributed by atoms with van der Waals surface area (Å²) in [6.07, 6.45) is 0.913. The topological polar surface area (TPSA) is 81.7 Å². The fraction of sp³-hybridized carbons (Fsp3) is 0.800. The average molecular weight is 382 g/mol. The number of rotatable bonds is 7. The smallest absolute Gasteiger partial charge is 0.322 e. The molecule has 0 aromatic carbocycles. The van der Waals surface area contributed by atoms with E-state index < -0.39 is 4.32 Å². The lowest BCUT2D eigenvalue weighted by Gasteiger charge is -2.14. The molecule has 0 spiro atoms. The summed E-state index contributed by atoms with van der Waals surface area (Å²) in [7, 11) is 0. The van der Waals surface area contributed by atoms with Gasteiger partial charge in [0.05, 0.1) is 0 Å². The quantitative estimate of drug-likeness (QED) is 0.416. The van der Waals surface area contributed by atoms with Crippen molar-refractivity contribution in [3.8, 4) is 0 Å². The van der Waals surface area contributed by atoms with Crippen molar-refractivity contribution in [3.05, 3.63) is 0 Å². The highest BCUT2D eigenvalue weighted by molar-refractivity contribution is 9.10. The molecule has 6 nitrogen and oxygen atoms in total. The van der Waals surface area contributed by atoms with Crippen molar-refractivity contribution in [2.45, 2.75) is 64.8 Å². The normalized spacial score (nSPS) is 10.4. The summed E-state index contributed by atoms with van der Waals surface area (Å²) in [5, 5.41) is 2.75. The van der Waals surface area contributed by atoms with Gasteiger partial charge in [0.15, 0.2) is 0 Å². The summed E-state index contributed by atoms with van der Waals surface area (Å²) in [4.78, 5) is 32.4. The second-order valence-corrected chi connectivity index (χ2v) is 7.24. The van der Waals surface area contributed by atoms with E-state index in [-0.39, 0.29) is 37.1 Å². The minimum atomic E-state index is -0.693. The first kappa shape index (κ1) is 23.2. The molecule has 1 N–H and O–H groups in total. The van der Waals surface area contributed by atoms with E-state index in [1.54, 1.807) is 20.8 Å². The summed E-state index contributed by atoms with van der Waals surface area (Å²) in [6, 6.07) is 0.280. The van der Waals surface area contributed by atoms with E-state index in [1.165, 1.54) is 0 Å². The molecule has 0 rings (SSSR count). The van der Waals surface area contributed by atoms with Gasteiger partial charge in [0.2, 0.25) is 5.91 Å². The molecule has 22 heavy (non-hydrogen) atoms. The Labute approximate surface area is 141 Å². The Balaban J connectivity index is 0. The van der Waals surface area contributed by atoms with Crippen molar-refractivity contribution >= 4 is 33.8 Å². The van der Waals surface area contributed by atoms with Crippen LogP contribution < -0.4 is 5.32 Å². The van der Waals surface area contributed by atoms with Crippen LogP contribution in [0.15, 0.2) is 0 Å². The number of ether oxygens (including phenoxy) is 2. The highest BCUT2D eigenvalue weighted by atomic mass is 79.9. The van der Waals surface area contributed by atoms with E-state index in [4.69, 9.17) is 9.47 Å². The summed E-state index contributed by atoms with van der Waals surface area (Å²) >= 11 is 3.16. The number of halogens is 1. The van der Waals surface area contributed by atoms with Gasteiger partial charge >= 0.3 is 11.9 Å². The van der Waals surface area contributed by atoms with E-state index in [2.05, 4.69) is 21.2 Å². The van der Waals surface area contributed by atoms with Gasteiger partial charge in [-0.25, -0.2) is 0 Å². The summed E-state index contributed by atoms with van der Waals surface area (Å²) in [5.74, 6) is -0.538. The Kier molecular flexibility index (Phi) is 13.1. The number of esters is 2. The van der Waals surface area contributed by atoms with Crippen LogP contribution in [0.5, 0.6) is 0 Å². The monoisotopic (exact) mass is 381 g/mol. The van der Waals surface area contributed by atoms with Gasteiger partial charge in [-0.15, -0.1) is 0 Å². The van der Waals surface area contributed by atoms with Crippen LogP contribution in [0.25, 0.3) is 0 Å². The number of carbonyl (C=O) groups excluding carboxylic acids is 3. The second-order valence-electron chi connectivity index (χ2n) is 5.26. The zero-order valence-electron chi connectivity index (χ0n) is 14.3. The molecule has 0 aliphatic rings.